The monoisotopic (exact) mass is 440 g/mol. The topological polar surface area (TPSA) is 113 Å². The summed E-state index contributed by atoms with van der Waals surface area (Å²) in [5.74, 6) is 1.53. The van der Waals surface area contributed by atoms with Crippen molar-refractivity contribution in [3.05, 3.63) is 61.0 Å². The largest absolute Gasteiger partial charge is 0.443 e. The average molecular weight is 440 g/mol. The van der Waals surface area contributed by atoms with Crippen LogP contribution in [-0.2, 0) is 0 Å². The third kappa shape index (κ3) is 3.45. The number of aryl methyl sites for hydroxylation is 1. The Kier molecular flexibility index (Phi) is 4.49. The predicted molar refractivity (Wildman–Crippen MR) is 122 cm³/mol. The van der Waals surface area contributed by atoms with Crippen molar-refractivity contribution in [2.45, 2.75) is 19.4 Å². The van der Waals surface area contributed by atoms with Gasteiger partial charge in [-0.25, -0.2) is 14.8 Å². The van der Waals surface area contributed by atoms with Gasteiger partial charge in [-0.2, -0.15) is 5.10 Å². The summed E-state index contributed by atoms with van der Waals surface area (Å²) in [6.07, 6.45) is 7.13. The molecule has 1 saturated heterocycles. The zero-order chi connectivity index (χ0) is 22.4. The molecule has 6 heterocycles. The van der Waals surface area contributed by atoms with Crippen LogP contribution in [0.2, 0.25) is 0 Å². The number of carbonyl (C=O) groups is 1. The van der Waals surface area contributed by atoms with Crippen LogP contribution in [0.1, 0.15) is 12.1 Å². The van der Waals surface area contributed by atoms with Crippen LogP contribution in [0.4, 0.5) is 22.1 Å². The first-order valence-electron chi connectivity index (χ1n) is 10.7. The lowest BCUT2D eigenvalue weighted by Gasteiger charge is -2.35. The minimum Gasteiger partial charge on any atom is -0.443 e. The van der Waals surface area contributed by atoms with Crippen molar-refractivity contribution in [1.82, 2.24) is 25.1 Å². The number of oxazole rings is 1. The molecule has 2 bridgehead atoms. The van der Waals surface area contributed by atoms with Crippen LogP contribution in [-0.4, -0.2) is 50.3 Å². The first-order valence-corrected chi connectivity index (χ1v) is 10.7. The van der Waals surface area contributed by atoms with Gasteiger partial charge in [-0.05, 0) is 43.7 Å². The summed E-state index contributed by atoms with van der Waals surface area (Å²) in [6, 6.07) is 9.40. The van der Waals surface area contributed by atoms with Crippen molar-refractivity contribution in [3.63, 3.8) is 0 Å². The lowest BCUT2D eigenvalue weighted by molar-refractivity contribution is 0.254. The van der Waals surface area contributed by atoms with Crippen LogP contribution in [0.5, 0.6) is 0 Å². The van der Waals surface area contributed by atoms with E-state index in [9.17, 15) is 4.79 Å². The van der Waals surface area contributed by atoms with E-state index in [1.807, 2.05) is 31.2 Å². The zero-order valence-electron chi connectivity index (χ0n) is 17.8. The van der Waals surface area contributed by atoms with Gasteiger partial charge < -0.3 is 9.32 Å². The van der Waals surface area contributed by atoms with Gasteiger partial charge in [-0.1, -0.05) is 0 Å². The van der Waals surface area contributed by atoms with Crippen molar-refractivity contribution >= 4 is 23.4 Å². The number of nitrogens with zero attached hydrogens (tertiary/aromatic N) is 7. The quantitative estimate of drug-likeness (QED) is 0.515. The summed E-state index contributed by atoms with van der Waals surface area (Å²) >= 11 is 0. The standard InChI is InChI=1S/C23H20N8O2/c1-14-8-15(4-6-25-14)18-2-3-19-22(27-18)31(17-5-7-30(19)12-17)23(32)28-21-9-16(10-26-29-21)20-11-24-13-33-20/h2-4,6,8-11,13,17H,5,7,12H2,1H3,(H,28,29,32)/t17-/m0/s1. The second kappa shape index (κ2) is 7.66. The Hall–Kier alpha value is -4.34. The molecular formula is C23H20N8O2. The summed E-state index contributed by atoms with van der Waals surface area (Å²) in [5, 5.41) is 10.9. The first-order chi connectivity index (χ1) is 16.2. The van der Waals surface area contributed by atoms with E-state index in [1.165, 1.54) is 6.39 Å². The molecule has 2 amide bonds. The molecule has 164 valence electrons. The molecule has 0 spiro atoms. The van der Waals surface area contributed by atoms with E-state index in [-0.39, 0.29) is 12.1 Å². The van der Waals surface area contributed by atoms with Crippen molar-refractivity contribution in [3.8, 4) is 22.6 Å². The Bertz CT molecular complexity index is 1340. The van der Waals surface area contributed by atoms with Crippen molar-refractivity contribution in [2.75, 3.05) is 28.2 Å². The van der Waals surface area contributed by atoms with E-state index >= 15 is 0 Å². The molecule has 1 atom stereocenters. The van der Waals surface area contributed by atoms with Crippen molar-refractivity contribution in [1.29, 1.82) is 0 Å². The molecule has 0 saturated carbocycles. The molecule has 2 aliphatic rings. The number of pyridine rings is 2. The van der Waals surface area contributed by atoms with Gasteiger partial charge in [0.1, 0.15) is 0 Å². The normalized spacial score (nSPS) is 16.6. The summed E-state index contributed by atoms with van der Waals surface area (Å²) in [6.45, 7) is 3.61. The maximum Gasteiger partial charge on any atom is 0.329 e. The van der Waals surface area contributed by atoms with E-state index in [1.54, 1.807) is 29.6 Å². The number of hydrogen-bond donors (Lipinski definition) is 1. The van der Waals surface area contributed by atoms with Gasteiger partial charge in [-0.3, -0.25) is 15.2 Å². The van der Waals surface area contributed by atoms with E-state index < -0.39 is 0 Å². The van der Waals surface area contributed by atoms with Crippen LogP contribution in [0.3, 0.4) is 0 Å². The number of hydrogen-bond acceptors (Lipinski definition) is 8. The Morgan fingerprint density at radius 1 is 1.18 bits per heavy atom. The number of aromatic nitrogens is 5. The van der Waals surface area contributed by atoms with E-state index in [0.29, 0.717) is 23.0 Å². The van der Waals surface area contributed by atoms with Gasteiger partial charge in [0.2, 0.25) is 0 Å². The van der Waals surface area contributed by atoms with Crippen molar-refractivity contribution < 1.29 is 9.21 Å². The second-order valence-corrected chi connectivity index (χ2v) is 8.11. The minimum atomic E-state index is -0.289. The molecule has 0 radical (unpaired) electrons. The third-order valence-electron chi connectivity index (χ3n) is 5.97. The number of carbonyl (C=O) groups excluding carboxylic acids is 1. The highest BCUT2D eigenvalue weighted by Gasteiger charge is 2.40. The van der Waals surface area contributed by atoms with E-state index in [4.69, 9.17) is 9.40 Å². The maximum atomic E-state index is 13.5. The molecule has 10 nitrogen and oxygen atoms in total. The van der Waals surface area contributed by atoms with Gasteiger partial charge in [0.25, 0.3) is 0 Å². The number of amides is 2. The fourth-order valence-corrected chi connectivity index (χ4v) is 4.43. The molecule has 0 aromatic carbocycles. The minimum absolute atomic E-state index is 0.0323. The van der Waals surface area contributed by atoms with Crippen LogP contribution in [0.25, 0.3) is 22.6 Å². The van der Waals surface area contributed by atoms with Gasteiger partial charge in [0.15, 0.2) is 23.8 Å². The number of urea groups is 1. The molecule has 4 aromatic rings. The molecular weight excluding hydrogens is 420 g/mol. The smallest absolute Gasteiger partial charge is 0.329 e. The Balaban J connectivity index is 1.34. The van der Waals surface area contributed by atoms with Crippen LogP contribution in [0.15, 0.2) is 59.7 Å². The predicted octanol–water partition coefficient (Wildman–Crippen LogP) is 3.53. The number of rotatable bonds is 3. The molecule has 10 heteroatoms. The third-order valence-corrected chi connectivity index (χ3v) is 5.97. The van der Waals surface area contributed by atoms with Crippen LogP contribution < -0.4 is 15.1 Å². The summed E-state index contributed by atoms with van der Waals surface area (Å²) in [4.78, 5) is 30.6. The van der Waals surface area contributed by atoms with Gasteiger partial charge >= 0.3 is 6.03 Å². The van der Waals surface area contributed by atoms with E-state index in [2.05, 4.69) is 30.4 Å². The van der Waals surface area contributed by atoms with Crippen LogP contribution >= 0.6 is 0 Å². The highest BCUT2D eigenvalue weighted by atomic mass is 16.3. The molecule has 1 N–H and O–H groups in total. The maximum absolute atomic E-state index is 13.5. The van der Waals surface area contributed by atoms with E-state index in [0.717, 1.165) is 42.1 Å². The highest BCUT2D eigenvalue weighted by Crippen LogP contribution is 2.40. The highest BCUT2D eigenvalue weighted by molar-refractivity contribution is 6.04. The fourth-order valence-electron chi connectivity index (χ4n) is 4.43. The van der Waals surface area contributed by atoms with Gasteiger partial charge in [0.05, 0.1) is 29.8 Å². The summed E-state index contributed by atoms with van der Waals surface area (Å²) in [5.41, 5.74) is 4.30. The Morgan fingerprint density at radius 3 is 2.97 bits per heavy atom. The zero-order valence-corrected chi connectivity index (χ0v) is 17.8. The number of nitrogens with one attached hydrogen (secondary N) is 1. The Morgan fingerprint density at radius 2 is 2.12 bits per heavy atom. The molecule has 33 heavy (non-hydrogen) atoms. The van der Waals surface area contributed by atoms with Gasteiger partial charge in [0, 0.05) is 36.1 Å². The lowest BCUT2D eigenvalue weighted by Crippen LogP contribution is -2.48. The molecule has 2 aliphatic heterocycles. The summed E-state index contributed by atoms with van der Waals surface area (Å²) in [7, 11) is 0. The molecule has 0 aliphatic carbocycles. The summed E-state index contributed by atoms with van der Waals surface area (Å²) < 4.78 is 5.32. The van der Waals surface area contributed by atoms with Crippen molar-refractivity contribution in [2.24, 2.45) is 0 Å². The molecule has 4 aromatic heterocycles. The lowest BCUT2D eigenvalue weighted by atomic mass is 10.1. The number of anilines is 3. The number of fused-ring (bicyclic) bond motifs is 4. The van der Waals surface area contributed by atoms with Gasteiger partial charge in [-0.15, -0.1) is 5.10 Å². The molecule has 1 fully saturated rings. The first kappa shape index (κ1) is 19.4. The SMILES string of the molecule is Cc1cc(-c2ccc3c(n2)N(C(=O)Nc2cc(-c4cnco4)cnn2)[C@H]2CCN3C2)ccn1. The Labute approximate surface area is 189 Å². The molecule has 6 rings (SSSR count). The average Bonchev–Trinajstić information content (AvgIpc) is 3.51. The molecule has 0 unspecified atom stereocenters. The van der Waals surface area contributed by atoms with Crippen LogP contribution in [0, 0.1) is 6.92 Å². The fraction of sp³-hybridized carbons (Fsp3) is 0.217. The second-order valence-electron chi connectivity index (χ2n) is 8.11.